The molecule has 1 aliphatic heterocycles. The SMILES string of the molecule is Cn1cnnc1[C@H]1CN(C[C@@H](O)CCc2ccccc2)CCO1. The fourth-order valence-corrected chi connectivity index (χ4v) is 2.98. The summed E-state index contributed by atoms with van der Waals surface area (Å²) in [5.74, 6) is 0.841. The molecule has 1 saturated heterocycles. The highest BCUT2D eigenvalue weighted by molar-refractivity contribution is 5.14. The summed E-state index contributed by atoms with van der Waals surface area (Å²) in [6.45, 7) is 2.92. The zero-order chi connectivity index (χ0) is 16.1. The number of morpholine rings is 1. The van der Waals surface area contributed by atoms with Crippen LogP contribution in [0.25, 0.3) is 0 Å². The number of aromatic nitrogens is 3. The van der Waals surface area contributed by atoms with E-state index < -0.39 is 0 Å². The topological polar surface area (TPSA) is 63.4 Å². The van der Waals surface area contributed by atoms with Crippen molar-refractivity contribution in [1.82, 2.24) is 19.7 Å². The minimum Gasteiger partial charge on any atom is -0.392 e. The van der Waals surface area contributed by atoms with E-state index in [1.165, 1.54) is 5.56 Å². The molecule has 6 heteroatoms. The molecule has 2 atom stereocenters. The van der Waals surface area contributed by atoms with Gasteiger partial charge in [-0.3, -0.25) is 4.90 Å². The molecular weight excluding hydrogens is 292 g/mol. The number of hydrogen-bond acceptors (Lipinski definition) is 5. The van der Waals surface area contributed by atoms with Crippen LogP contribution in [0.2, 0.25) is 0 Å². The van der Waals surface area contributed by atoms with Gasteiger partial charge in [-0.15, -0.1) is 10.2 Å². The van der Waals surface area contributed by atoms with Gasteiger partial charge in [-0.2, -0.15) is 0 Å². The van der Waals surface area contributed by atoms with Gasteiger partial charge in [0.2, 0.25) is 0 Å². The van der Waals surface area contributed by atoms with Crippen LogP contribution < -0.4 is 0 Å². The van der Waals surface area contributed by atoms with E-state index in [0.717, 1.165) is 31.8 Å². The molecule has 23 heavy (non-hydrogen) atoms. The third-order valence-electron chi connectivity index (χ3n) is 4.26. The number of rotatable bonds is 6. The molecule has 0 saturated carbocycles. The van der Waals surface area contributed by atoms with E-state index in [1.54, 1.807) is 6.33 Å². The van der Waals surface area contributed by atoms with Crippen molar-refractivity contribution in [3.63, 3.8) is 0 Å². The molecule has 1 aromatic carbocycles. The molecule has 1 aromatic heterocycles. The smallest absolute Gasteiger partial charge is 0.163 e. The summed E-state index contributed by atoms with van der Waals surface area (Å²) in [5.41, 5.74) is 1.27. The maximum Gasteiger partial charge on any atom is 0.163 e. The van der Waals surface area contributed by atoms with Gasteiger partial charge in [-0.1, -0.05) is 30.3 Å². The Kier molecular flexibility index (Phi) is 5.38. The third kappa shape index (κ3) is 4.37. The maximum absolute atomic E-state index is 10.3. The van der Waals surface area contributed by atoms with E-state index in [9.17, 15) is 5.11 Å². The quantitative estimate of drug-likeness (QED) is 0.867. The van der Waals surface area contributed by atoms with E-state index in [2.05, 4.69) is 27.2 Å². The Morgan fingerprint density at radius 2 is 2.17 bits per heavy atom. The van der Waals surface area contributed by atoms with E-state index in [4.69, 9.17) is 4.74 Å². The van der Waals surface area contributed by atoms with Crippen molar-refractivity contribution in [1.29, 1.82) is 0 Å². The minimum atomic E-state index is -0.326. The number of β-amino-alcohol motifs (C(OH)–C–C–N with tert-alkyl or cyclic N) is 1. The monoisotopic (exact) mass is 316 g/mol. The lowest BCUT2D eigenvalue weighted by atomic mass is 10.1. The molecule has 1 fully saturated rings. The number of aryl methyl sites for hydroxylation is 2. The van der Waals surface area contributed by atoms with Crippen LogP contribution in [0.5, 0.6) is 0 Å². The summed E-state index contributed by atoms with van der Waals surface area (Å²) in [5, 5.41) is 18.4. The van der Waals surface area contributed by atoms with Crippen molar-refractivity contribution in [2.75, 3.05) is 26.2 Å². The number of ether oxygens (including phenoxy) is 1. The first-order valence-electron chi connectivity index (χ1n) is 8.12. The molecule has 0 aliphatic carbocycles. The molecular formula is C17H24N4O2. The molecule has 124 valence electrons. The fraction of sp³-hybridized carbons (Fsp3) is 0.529. The summed E-state index contributed by atoms with van der Waals surface area (Å²) in [6.07, 6.45) is 2.97. The minimum absolute atomic E-state index is 0.0717. The van der Waals surface area contributed by atoms with Crippen LogP contribution in [0.3, 0.4) is 0 Å². The molecule has 2 aromatic rings. The van der Waals surface area contributed by atoms with E-state index in [0.29, 0.717) is 13.2 Å². The lowest BCUT2D eigenvalue weighted by molar-refractivity contribution is -0.0476. The van der Waals surface area contributed by atoms with Crippen LogP contribution in [0, 0.1) is 0 Å². The first-order chi connectivity index (χ1) is 11.2. The summed E-state index contributed by atoms with van der Waals surface area (Å²) >= 11 is 0. The molecule has 0 unspecified atom stereocenters. The lowest BCUT2D eigenvalue weighted by Crippen LogP contribution is -2.43. The second-order valence-corrected chi connectivity index (χ2v) is 6.10. The van der Waals surface area contributed by atoms with Gasteiger partial charge in [-0.05, 0) is 18.4 Å². The second kappa shape index (κ2) is 7.68. The molecule has 0 spiro atoms. The van der Waals surface area contributed by atoms with Crippen molar-refractivity contribution in [2.45, 2.75) is 25.0 Å². The molecule has 0 amide bonds. The number of hydrogen-bond donors (Lipinski definition) is 1. The highest BCUT2D eigenvalue weighted by Gasteiger charge is 2.26. The summed E-state index contributed by atoms with van der Waals surface area (Å²) < 4.78 is 7.69. The van der Waals surface area contributed by atoms with Gasteiger partial charge in [0.05, 0.1) is 12.7 Å². The largest absolute Gasteiger partial charge is 0.392 e. The zero-order valence-electron chi connectivity index (χ0n) is 13.5. The Labute approximate surface area is 136 Å². The zero-order valence-corrected chi connectivity index (χ0v) is 13.5. The second-order valence-electron chi connectivity index (χ2n) is 6.10. The summed E-state index contributed by atoms with van der Waals surface area (Å²) in [4.78, 5) is 2.25. The van der Waals surface area contributed by atoms with Crippen molar-refractivity contribution in [3.05, 3.63) is 48.0 Å². The number of nitrogens with zero attached hydrogens (tertiary/aromatic N) is 4. The number of benzene rings is 1. The Hall–Kier alpha value is -1.76. The average molecular weight is 316 g/mol. The molecule has 3 rings (SSSR count). The highest BCUT2D eigenvalue weighted by atomic mass is 16.5. The first kappa shape index (κ1) is 16.1. The van der Waals surface area contributed by atoms with Gasteiger partial charge < -0.3 is 14.4 Å². The van der Waals surface area contributed by atoms with Crippen molar-refractivity contribution >= 4 is 0 Å². The van der Waals surface area contributed by atoms with E-state index in [-0.39, 0.29) is 12.2 Å². The number of aliphatic hydroxyl groups is 1. The predicted molar refractivity (Wildman–Crippen MR) is 86.9 cm³/mol. The van der Waals surface area contributed by atoms with E-state index >= 15 is 0 Å². The summed E-state index contributed by atoms with van der Waals surface area (Å²) in [7, 11) is 1.92. The molecule has 1 N–H and O–H groups in total. The van der Waals surface area contributed by atoms with Crippen LogP contribution in [-0.4, -0.2) is 57.1 Å². The van der Waals surface area contributed by atoms with Gasteiger partial charge in [0.15, 0.2) is 5.82 Å². The third-order valence-corrected chi connectivity index (χ3v) is 4.26. The molecule has 0 radical (unpaired) electrons. The Bertz CT molecular complexity index is 602. The Morgan fingerprint density at radius 1 is 1.35 bits per heavy atom. The van der Waals surface area contributed by atoms with Crippen LogP contribution in [0.15, 0.2) is 36.7 Å². The first-order valence-corrected chi connectivity index (χ1v) is 8.12. The van der Waals surface area contributed by atoms with Gasteiger partial charge in [-0.25, -0.2) is 0 Å². The van der Waals surface area contributed by atoms with Gasteiger partial charge >= 0.3 is 0 Å². The van der Waals surface area contributed by atoms with Crippen molar-refractivity contribution in [2.24, 2.45) is 7.05 Å². The van der Waals surface area contributed by atoms with Gasteiger partial charge in [0, 0.05) is 26.7 Å². The van der Waals surface area contributed by atoms with Crippen LogP contribution in [0.4, 0.5) is 0 Å². The molecule has 2 heterocycles. The Morgan fingerprint density at radius 3 is 2.91 bits per heavy atom. The van der Waals surface area contributed by atoms with Crippen LogP contribution in [0.1, 0.15) is 23.9 Å². The number of aliphatic hydroxyl groups excluding tert-OH is 1. The molecule has 0 bridgehead atoms. The standard InChI is InChI=1S/C17H24N4O2/c1-20-13-18-19-17(20)16-12-21(9-10-23-16)11-15(22)8-7-14-5-3-2-4-6-14/h2-6,13,15-16,22H,7-12H2,1H3/t15-,16+/m0/s1. The van der Waals surface area contributed by atoms with Crippen LogP contribution >= 0.6 is 0 Å². The van der Waals surface area contributed by atoms with Crippen molar-refractivity contribution < 1.29 is 9.84 Å². The highest BCUT2D eigenvalue weighted by Crippen LogP contribution is 2.20. The normalized spacial score (nSPS) is 20.5. The van der Waals surface area contributed by atoms with E-state index in [1.807, 2.05) is 29.8 Å². The molecule has 1 aliphatic rings. The maximum atomic E-state index is 10.3. The Balaban J connectivity index is 1.48. The predicted octanol–water partition coefficient (Wildman–Crippen LogP) is 1.18. The van der Waals surface area contributed by atoms with Crippen molar-refractivity contribution in [3.8, 4) is 0 Å². The lowest BCUT2D eigenvalue weighted by Gasteiger charge is -2.33. The molecule has 6 nitrogen and oxygen atoms in total. The van der Waals surface area contributed by atoms with Gasteiger partial charge in [0.25, 0.3) is 0 Å². The van der Waals surface area contributed by atoms with Gasteiger partial charge in [0.1, 0.15) is 12.4 Å². The summed E-state index contributed by atoms with van der Waals surface area (Å²) in [6, 6.07) is 10.3. The van der Waals surface area contributed by atoms with Crippen LogP contribution in [-0.2, 0) is 18.2 Å². The fourth-order valence-electron chi connectivity index (χ4n) is 2.98. The average Bonchev–Trinajstić information content (AvgIpc) is 3.00.